The number of aromatic nitrogens is 2. The lowest BCUT2D eigenvalue weighted by Crippen LogP contribution is -2.41. The quantitative estimate of drug-likeness (QED) is 0.748. The summed E-state index contributed by atoms with van der Waals surface area (Å²) in [5.74, 6) is 0. The molecule has 3 rings (SSSR count). The van der Waals surface area contributed by atoms with Crippen molar-refractivity contribution >= 4 is 17.6 Å². The lowest BCUT2D eigenvalue weighted by atomic mass is 9.39. The maximum atomic E-state index is 8.35. The first-order valence-electron chi connectivity index (χ1n) is 7.51. The fraction of sp³-hybridized carbons (Fsp3) is 0.167. The summed E-state index contributed by atoms with van der Waals surface area (Å²) in [5.41, 5.74) is 2.82. The summed E-state index contributed by atoms with van der Waals surface area (Å²) in [6, 6.07) is 21.4. The van der Waals surface area contributed by atoms with Crippen molar-refractivity contribution in [3.63, 3.8) is 0 Å². The Morgan fingerprint density at radius 1 is 0.955 bits per heavy atom. The molecule has 1 heterocycles. The highest BCUT2D eigenvalue weighted by atomic mass is 16.3. The molecule has 0 saturated heterocycles. The van der Waals surface area contributed by atoms with Gasteiger partial charge in [-0.05, 0) is 0 Å². The van der Waals surface area contributed by atoms with Crippen molar-refractivity contribution < 1.29 is 5.11 Å². The minimum Gasteiger partial charge on any atom is -0.376 e. The van der Waals surface area contributed by atoms with E-state index in [-0.39, 0.29) is 6.73 Å². The summed E-state index contributed by atoms with van der Waals surface area (Å²) in [6.07, 6.45) is 6.02. The number of benzene rings is 2. The van der Waals surface area contributed by atoms with Gasteiger partial charge in [0.2, 0.25) is 6.71 Å². The average Bonchev–Trinajstić information content (AvgIpc) is 3.12. The third-order valence-electron chi connectivity index (χ3n) is 3.53. The average molecular weight is 292 g/mol. The summed E-state index contributed by atoms with van der Waals surface area (Å²) in [7, 11) is 0. The van der Waals surface area contributed by atoms with Crippen LogP contribution in [0.15, 0.2) is 79.4 Å². The summed E-state index contributed by atoms with van der Waals surface area (Å²) in [5, 5.41) is 8.35. The Balaban J connectivity index is 0.000000211. The lowest BCUT2D eigenvalue weighted by molar-refractivity contribution is 0.210. The van der Waals surface area contributed by atoms with Crippen LogP contribution in [0.5, 0.6) is 0 Å². The van der Waals surface area contributed by atoms with Gasteiger partial charge in [0.05, 0.1) is 6.33 Å². The molecule has 0 radical (unpaired) electrons. The van der Waals surface area contributed by atoms with Gasteiger partial charge in [-0.2, -0.15) is 0 Å². The van der Waals surface area contributed by atoms with E-state index >= 15 is 0 Å². The maximum Gasteiger partial charge on any atom is 0.209 e. The third-order valence-corrected chi connectivity index (χ3v) is 3.53. The van der Waals surface area contributed by atoms with Crippen molar-refractivity contribution in [2.75, 3.05) is 0 Å². The molecule has 3 aromatic rings. The minimum atomic E-state index is 0.0139. The van der Waals surface area contributed by atoms with Crippen molar-refractivity contribution in [1.29, 1.82) is 0 Å². The fourth-order valence-electron chi connectivity index (χ4n) is 2.40. The van der Waals surface area contributed by atoms with Gasteiger partial charge in [-0.25, -0.2) is 4.98 Å². The molecule has 22 heavy (non-hydrogen) atoms. The highest BCUT2D eigenvalue weighted by molar-refractivity contribution is 6.85. The molecule has 0 fully saturated rings. The summed E-state index contributed by atoms with van der Waals surface area (Å²) >= 11 is 0. The van der Waals surface area contributed by atoms with Gasteiger partial charge in [0.15, 0.2) is 0 Å². The van der Waals surface area contributed by atoms with E-state index in [1.807, 2.05) is 0 Å². The Bertz CT molecular complexity index is 587. The third kappa shape index (κ3) is 4.60. The van der Waals surface area contributed by atoms with Gasteiger partial charge in [0.25, 0.3) is 0 Å². The normalized spacial score (nSPS) is 9.73. The SMILES string of the molecule is CCB(c1ccccc1)c1ccccc1.OCn1ccnc1. The molecule has 112 valence electrons. The molecule has 0 aliphatic rings. The van der Waals surface area contributed by atoms with Crippen molar-refractivity contribution in [2.24, 2.45) is 0 Å². The molecule has 0 bridgehead atoms. The van der Waals surface area contributed by atoms with Gasteiger partial charge in [-0.3, -0.25) is 0 Å². The van der Waals surface area contributed by atoms with Crippen LogP contribution >= 0.6 is 0 Å². The second kappa shape index (κ2) is 8.85. The largest absolute Gasteiger partial charge is 0.376 e. The molecule has 2 aromatic carbocycles. The minimum absolute atomic E-state index is 0.0139. The molecule has 0 atom stereocenters. The molecule has 0 aliphatic heterocycles. The van der Waals surface area contributed by atoms with Crippen molar-refractivity contribution in [2.45, 2.75) is 20.0 Å². The zero-order chi connectivity index (χ0) is 15.6. The zero-order valence-corrected chi connectivity index (χ0v) is 12.8. The topological polar surface area (TPSA) is 38.0 Å². The molecule has 0 aliphatic carbocycles. The summed E-state index contributed by atoms with van der Waals surface area (Å²) < 4.78 is 1.57. The van der Waals surface area contributed by atoms with Gasteiger partial charge in [-0.1, -0.05) is 84.8 Å². The van der Waals surface area contributed by atoms with E-state index in [0.29, 0.717) is 6.71 Å². The smallest absolute Gasteiger partial charge is 0.209 e. The van der Waals surface area contributed by atoms with E-state index < -0.39 is 0 Å². The molecule has 4 heteroatoms. The number of aliphatic hydroxyl groups excluding tert-OH is 1. The van der Waals surface area contributed by atoms with Crippen molar-refractivity contribution in [3.8, 4) is 0 Å². The van der Waals surface area contributed by atoms with E-state index in [2.05, 4.69) is 72.6 Å². The van der Waals surface area contributed by atoms with E-state index in [9.17, 15) is 0 Å². The first-order valence-corrected chi connectivity index (χ1v) is 7.51. The number of hydrogen-bond acceptors (Lipinski definition) is 2. The molecular weight excluding hydrogens is 271 g/mol. The van der Waals surface area contributed by atoms with Crippen molar-refractivity contribution in [1.82, 2.24) is 9.55 Å². The second-order valence-electron chi connectivity index (χ2n) is 5.00. The van der Waals surface area contributed by atoms with Crippen LogP contribution in [0.3, 0.4) is 0 Å². The van der Waals surface area contributed by atoms with Gasteiger partial charge >= 0.3 is 0 Å². The lowest BCUT2D eigenvalue weighted by Gasteiger charge is -2.11. The molecule has 3 nitrogen and oxygen atoms in total. The first-order chi connectivity index (χ1) is 10.8. The number of rotatable bonds is 4. The predicted octanol–water partition coefficient (Wildman–Crippen LogP) is 2.15. The first kappa shape index (κ1) is 16.1. The van der Waals surface area contributed by atoms with Crippen LogP contribution in [0.1, 0.15) is 6.92 Å². The van der Waals surface area contributed by atoms with Crippen LogP contribution in [0.2, 0.25) is 6.32 Å². The Morgan fingerprint density at radius 3 is 1.82 bits per heavy atom. The molecule has 1 aromatic heterocycles. The van der Waals surface area contributed by atoms with Gasteiger partial charge in [-0.15, -0.1) is 0 Å². The van der Waals surface area contributed by atoms with Crippen LogP contribution in [0.25, 0.3) is 0 Å². The van der Waals surface area contributed by atoms with Gasteiger partial charge < -0.3 is 9.67 Å². The second-order valence-corrected chi connectivity index (χ2v) is 5.00. The Hall–Kier alpha value is -2.33. The fourth-order valence-corrected chi connectivity index (χ4v) is 2.40. The highest BCUT2D eigenvalue weighted by Gasteiger charge is 2.15. The monoisotopic (exact) mass is 292 g/mol. The van der Waals surface area contributed by atoms with Crippen molar-refractivity contribution in [3.05, 3.63) is 79.4 Å². The van der Waals surface area contributed by atoms with Crippen LogP contribution < -0.4 is 10.9 Å². The Kier molecular flexibility index (Phi) is 6.46. The van der Waals surface area contributed by atoms with Crippen LogP contribution in [0, 0.1) is 0 Å². The molecule has 0 unspecified atom stereocenters. The van der Waals surface area contributed by atoms with E-state index in [1.165, 1.54) is 10.9 Å². The molecule has 0 amide bonds. The van der Waals surface area contributed by atoms with E-state index in [0.717, 1.165) is 6.32 Å². The maximum absolute atomic E-state index is 8.35. The van der Waals surface area contributed by atoms with Crippen LogP contribution in [-0.4, -0.2) is 21.4 Å². The Morgan fingerprint density at radius 2 is 1.50 bits per heavy atom. The van der Waals surface area contributed by atoms with Gasteiger partial charge in [0.1, 0.15) is 6.73 Å². The van der Waals surface area contributed by atoms with Gasteiger partial charge in [0, 0.05) is 12.4 Å². The summed E-state index contributed by atoms with van der Waals surface area (Å²) in [6.45, 7) is 2.79. The number of imidazole rings is 1. The van der Waals surface area contributed by atoms with Crippen LogP contribution in [-0.2, 0) is 6.73 Å². The number of hydrogen-bond donors (Lipinski definition) is 1. The van der Waals surface area contributed by atoms with E-state index in [4.69, 9.17) is 5.11 Å². The molecule has 1 N–H and O–H groups in total. The van der Waals surface area contributed by atoms with E-state index in [1.54, 1.807) is 23.3 Å². The standard InChI is InChI=1S/C14H15B.C4H6N2O/c1-2-15(13-9-5-3-6-10-13)14-11-7-4-8-12-14;7-4-6-2-1-5-3-6/h3-12H,2H2,1H3;1-3,7H,4H2. The Labute approximate surface area is 132 Å². The molecular formula is C18H21BN2O. The molecule has 0 saturated carbocycles. The molecule has 0 spiro atoms. The number of nitrogens with zero attached hydrogens (tertiary/aromatic N) is 2. The summed E-state index contributed by atoms with van der Waals surface area (Å²) in [4.78, 5) is 3.70. The number of aliphatic hydroxyl groups is 1. The zero-order valence-electron chi connectivity index (χ0n) is 12.8. The highest BCUT2D eigenvalue weighted by Crippen LogP contribution is 1.96. The van der Waals surface area contributed by atoms with Crippen LogP contribution in [0.4, 0.5) is 0 Å². The predicted molar refractivity (Wildman–Crippen MR) is 92.8 cm³/mol.